The molecule has 0 atom stereocenters. The third-order valence-electron chi connectivity index (χ3n) is 3.68. The number of hydrogen-bond donors (Lipinski definition) is 0. The minimum atomic E-state index is -0.295. The van der Waals surface area contributed by atoms with Gasteiger partial charge in [0, 0.05) is 42.5 Å². The molecule has 0 spiro atoms. The summed E-state index contributed by atoms with van der Waals surface area (Å²) in [6.45, 7) is 8.86. The Morgan fingerprint density at radius 3 is 2.76 bits per heavy atom. The number of hydrogen-bond acceptors (Lipinski definition) is 5. The number of ether oxygens (including phenoxy) is 1. The smallest absolute Gasteiger partial charge is 0.298 e. The summed E-state index contributed by atoms with van der Waals surface area (Å²) in [7, 11) is 1.96. The lowest BCUT2D eigenvalue weighted by Gasteiger charge is -2.16. The fourth-order valence-electron chi connectivity index (χ4n) is 1.78. The topological polar surface area (TPSA) is 50.6 Å². The van der Waals surface area contributed by atoms with E-state index in [2.05, 4.69) is 21.3 Å². The molecule has 1 heterocycles. The summed E-state index contributed by atoms with van der Waals surface area (Å²) >= 11 is 13.5. The van der Waals surface area contributed by atoms with Crippen molar-refractivity contribution in [3.05, 3.63) is 28.5 Å². The van der Waals surface area contributed by atoms with Gasteiger partial charge >= 0.3 is 0 Å². The third kappa shape index (κ3) is 5.06. The molecule has 0 N–H and O–H groups in total. The van der Waals surface area contributed by atoms with Gasteiger partial charge in [-0.05, 0) is 25.5 Å². The Balaban J connectivity index is 2.21. The minimum absolute atomic E-state index is 0.295. The normalized spacial score (nSPS) is 12.0. The van der Waals surface area contributed by atoms with E-state index >= 15 is 0 Å². The first-order chi connectivity index (χ1) is 11.8. The highest BCUT2D eigenvalue weighted by atomic mass is 35.5. The van der Waals surface area contributed by atoms with Crippen molar-refractivity contribution < 1.29 is 4.74 Å². The Morgan fingerprint density at radius 2 is 2.12 bits per heavy atom. The lowest BCUT2D eigenvalue weighted by atomic mass is 9.96. The Bertz CT molecular complexity index is 761. The number of aliphatic imine (C=N–C) groups is 1. The first-order valence-corrected chi connectivity index (χ1v) is 9.58. The molecule has 0 aliphatic rings. The van der Waals surface area contributed by atoms with Gasteiger partial charge in [-0.2, -0.15) is 9.36 Å². The van der Waals surface area contributed by atoms with Crippen LogP contribution in [0.15, 0.2) is 17.1 Å². The van der Waals surface area contributed by atoms with E-state index in [1.165, 1.54) is 11.5 Å². The van der Waals surface area contributed by atoms with Crippen LogP contribution >= 0.6 is 34.7 Å². The summed E-state index contributed by atoms with van der Waals surface area (Å²) in [6, 6.07) is 3.64. The van der Waals surface area contributed by atoms with Gasteiger partial charge in [-0.15, -0.1) is 11.6 Å². The number of aryl methyl sites for hydroxylation is 1. The van der Waals surface area contributed by atoms with Crippen molar-refractivity contribution in [2.45, 2.75) is 33.1 Å². The first-order valence-electron chi connectivity index (χ1n) is 7.89. The highest BCUT2D eigenvalue weighted by Gasteiger charge is 2.25. The molecular weight excluding hydrogens is 379 g/mol. The number of benzene rings is 1. The molecule has 0 amide bonds. The van der Waals surface area contributed by atoms with E-state index < -0.39 is 0 Å². The van der Waals surface area contributed by atoms with Crippen LogP contribution in [0, 0.1) is 6.92 Å². The van der Waals surface area contributed by atoms with Crippen molar-refractivity contribution in [1.82, 2.24) is 14.3 Å². The molecule has 0 aliphatic carbocycles. The minimum Gasteiger partial charge on any atom is -0.430 e. The average molecular weight is 401 g/mol. The highest BCUT2D eigenvalue weighted by Crippen LogP contribution is 2.36. The van der Waals surface area contributed by atoms with Gasteiger partial charge in [0.2, 0.25) is 0 Å². The fraction of sp³-hybridized carbons (Fsp3) is 0.471. The van der Waals surface area contributed by atoms with Crippen LogP contribution in [-0.4, -0.2) is 40.1 Å². The van der Waals surface area contributed by atoms with E-state index in [0.717, 1.165) is 12.1 Å². The molecule has 0 radical (unpaired) electrons. The molecule has 25 heavy (non-hydrogen) atoms. The van der Waals surface area contributed by atoms with Crippen LogP contribution in [-0.2, 0) is 5.41 Å². The van der Waals surface area contributed by atoms with Gasteiger partial charge < -0.3 is 9.64 Å². The van der Waals surface area contributed by atoms with Crippen LogP contribution in [0.1, 0.15) is 32.2 Å². The van der Waals surface area contributed by atoms with Crippen molar-refractivity contribution in [1.29, 1.82) is 0 Å². The van der Waals surface area contributed by atoms with Gasteiger partial charge in [0.15, 0.2) is 5.82 Å². The molecule has 136 valence electrons. The first kappa shape index (κ1) is 19.9. The number of halogens is 2. The van der Waals surface area contributed by atoms with Crippen LogP contribution < -0.4 is 4.74 Å². The number of rotatable bonds is 7. The third-order valence-corrected chi connectivity index (χ3v) is 5.25. The zero-order chi connectivity index (χ0) is 18.6. The molecule has 1 aromatic carbocycles. The molecular formula is C17H22Cl2N4OS. The largest absolute Gasteiger partial charge is 0.430 e. The van der Waals surface area contributed by atoms with Crippen LogP contribution in [0.25, 0.3) is 0 Å². The van der Waals surface area contributed by atoms with Gasteiger partial charge in [0.1, 0.15) is 5.75 Å². The SMILES string of the molecule is CCN(C)C=Nc1cc(C)c(Oc2nc(C(C)(C)CCl)ns2)cc1Cl. The molecule has 1 aromatic heterocycles. The van der Waals surface area contributed by atoms with E-state index in [1.54, 1.807) is 12.4 Å². The van der Waals surface area contributed by atoms with Gasteiger partial charge in [0.25, 0.3) is 5.19 Å². The van der Waals surface area contributed by atoms with E-state index in [1.807, 2.05) is 38.8 Å². The Labute approximate surface area is 162 Å². The van der Waals surface area contributed by atoms with Crippen molar-refractivity contribution >= 4 is 46.8 Å². The number of nitrogens with zero attached hydrogens (tertiary/aromatic N) is 4. The molecule has 0 bridgehead atoms. The van der Waals surface area contributed by atoms with Gasteiger partial charge in [0.05, 0.1) is 17.0 Å². The molecule has 0 aliphatic heterocycles. The zero-order valence-electron chi connectivity index (χ0n) is 15.0. The summed E-state index contributed by atoms with van der Waals surface area (Å²) in [5, 5.41) is 0.988. The molecule has 8 heteroatoms. The molecule has 0 saturated heterocycles. The second-order valence-electron chi connectivity index (χ2n) is 6.39. The molecule has 0 fully saturated rings. The predicted molar refractivity (Wildman–Crippen MR) is 106 cm³/mol. The molecule has 0 saturated carbocycles. The lowest BCUT2D eigenvalue weighted by Crippen LogP contribution is -2.20. The second kappa shape index (κ2) is 8.34. The van der Waals surface area contributed by atoms with E-state index in [9.17, 15) is 0 Å². The van der Waals surface area contributed by atoms with Crippen molar-refractivity contribution in [2.24, 2.45) is 4.99 Å². The van der Waals surface area contributed by atoms with Crippen LogP contribution in [0.3, 0.4) is 0 Å². The molecule has 5 nitrogen and oxygen atoms in total. The Kier molecular flexibility index (Phi) is 6.65. The van der Waals surface area contributed by atoms with Gasteiger partial charge in [-0.3, -0.25) is 0 Å². The molecule has 2 rings (SSSR count). The standard InChI is InChI=1S/C17H22Cl2N4OS/c1-6-23(5)10-20-13-7-11(2)14(8-12(13)19)24-16-21-15(22-25-16)17(3,4)9-18/h7-8,10H,6,9H2,1-5H3. The van der Waals surface area contributed by atoms with Crippen molar-refractivity contribution in [3.63, 3.8) is 0 Å². The maximum absolute atomic E-state index is 6.33. The van der Waals surface area contributed by atoms with Crippen LogP contribution in [0.4, 0.5) is 5.69 Å². The van der Waals surface area contributed by atoms with Gasteiger partial charge in [-0.25, -0.2) is 4.99 Å². The Morgan fingerprint density at radius 1 is 1.40 bits per heavy atom. The summed E-state index contributed by atoms with van der Waals surface area (Å²) in [5.41, 5.74) is 1.33. The maximum atomic E-state index is 6.33. The lowest BCUT2D eigenvalue weighted by molar-refractivity contribution is 0.465. The van der Waals surface area contributed by atoms with E-state index in [-0.39, 0.29) is 5.41 Å². The van der Waals surface area contributed by atoms with E-state index in [4.69, 9.17) is 27.9 Å². The zero-order valence-corrected chi connectivity index (χ0v) is 17.3. The van der Waals surface area contributed by atoms with Crippen LogP contribution in [0.5, 0.6) is 10.9 Å². The maximum Gasteiger partial charge on any atom is 0.298 e. The highest BCUT2D eigenvalue weighted by molar-refractivity contribution is 7.07. The van der Waals surface area contributed by atoms with Gasteiger partial charge in [-0.1, -0.05) is 25.4 Å². The summed E-state index contributed by atoms with van der Waals surface area (Å²) in [4.78, 5) is 10.8. The van der Waals surface area contributed by atoms with Crippen molar-refractivity contribution in [2.75, 3.05) is 19.5 Å². The van der Waals surface area contributed by atoms with Crippen LogP contribution in [0.2, 0.25) is 5.02 Å². The Hall–Kier alpha value is -1.37. The van der Waals surface area contributed by atoms with Crippen molar-refractivity contribution in [3.8, 4) is 10.9 Å². The monoisotopic (exact) mass is 400 g/mol. The molecule has 2 aromatic rings. The van der Waals surface area contributed by atoms with E-state index in [0.29, 0.717) is 33.4 Å². The fourth-order valence-corrected chi connectivity index (χ4v) is 2.81. The second-order valence-corrected chi connectivity index (χ2v) is 7.78. The summed E-state index contributed by atoms with van der Waals surface area (Å²) < 4.78 is 10.2. The average Bonchev–Trinajstić information content (AvgIpc) is 3.05. The summed E-state index contributed by atoms with van der Waals surface area (Å²) in [6.07, 6.45) is 1.76. The molecule has 0 unspecified atom stereocenters. The summed E-state index contributed by atoms with van der Waals surface area (Å²) in [5.74, 6) is 1.75. The number of aromatic nitrogens is 2. The predicted octanol–water partition coefficient (Wildman–Crippen LogP) is 5.42. The quantitative estimate of drug-likeness (QED) is 0.353. The number of alkyl halides is 1.